The lowest BCUT2D eigenvalue weighted by Crippen LogP contribution is -2.36. The standard InChI is InChI=1S/C18H20N2O2/c1-14-7-2-3-8-15(14)16-9-6-12-20(16)18(22)13-19-11-5-4-10-17(19)21/h2-5,7-8,10-11,16H,6,9,12-13H2,1H3/t16-/m0/s1. The molecule has 0 spiro atoms. The van der Waals surface area contributed by atoms with Crippen molar-refractivity contribution >= 4 is 5.91 Å². The van der Waals surface area contributed by atoms with E-state index in [1.807, 2.05) is 17.0 Å². The smallest absolute Gasteiger partial charge is 0.250 e. The van der Waals surface area contributed by atoms with Crippen LogP contribution in [0.3, 0.4) is 0 Å². The van der Waals surface area contributed by atoms with E-state index in [2.05, 4.69) is 19.1 Å². The van der Waals surface area contributed by atoms with Crippen molar-refractivity contribution in [1.82, 2.24) is 9.47 Å². The van der Waals surface area contributed by atoms with Crippen molar-refractivity contribution in [3.8, 4) is 0 Å². The molecule has 0 unspecified atom stereocenters. The van der Waals surface area contributed by atoms with Crippen LogP contribution >= 0.6 is 0 Å². The Labute approximate surface area is 130 Å². The van der Waals surface area contributed by atoms with Gasteiger partial charge in [-0.3, -0.25) is 9.59 Å². The highest BCUT2D eigenvalue weighted by Crippen LogP contribution is 2.33. The van der Waals surface area contributed by atoms with Crippen LogP contribution in [0, 0.1) is 6.92 Å². The highest BCUT2D eigenvalue weighted by atomic mass is 16.2. The molecule has 1 fully saturated rings. The number of aryl methyl sites for hydroxylation is 1. The summed E-state index contributed by atoms with van der Waals surface area (Å²) in [6, 6.07) is 13.3. The van der Waals surface area contributed by atoms with Crippen LogP contribution in [-0.2, 0) is 11.3 Å². The van der Waals surface area contributed by atoms with Crippen LogP contribution in [-0.4, -0.2) is 21.9 Å². The molecule has 0 bridgehead atoms. The van der Waals surface area contributed by atoms with Gasteiger partial charge in [-0.2, -0.15) is 0 Å². The molecule has 22 heavy (non-hydrogen) atoms. The number of rotatable bonds is 3. The van der Waals surface area contributed by atoms with E-state index in [0.717, 1.165) is 19.4 Å². The van der Waals surface area contributed by atoms with E-state index < -0.39 is 0 Å². The predicted octanol–water partition coefficient (Wildman–Crippen LogP) is 2.52. The maximum Gasteiger partial charge on any atom is 0.250 e. The zero-order valence-electron chi connectivity index (χ0n) is 12.7. The number of carbonyl (C=O) groups excluding carboxylic acids is 1. The first kappa shape index (κ1) is 14.6. The molecule has 3 rings (SSSR count). The van der Waals surface area contributed by atoms with Gasteiger partial charge in [0.25, 0.3) is 5.56 Å². The van der Waals surface area contributed by atoms with Gasteiger partial charge in [0.15, 0.2) is 0 Å². The van der Waals surface area contributed by atoms with E-state index in [9.17, 15) is 9.59 Å². The van der Waals surface area contributed by atoms with Gasteiger partial charge in [0.1, 0.15) is 6.54 Å². The minimum absolute atomic E-state index is 0.0130. The molecule has 0 N–H and O–H groups in total. The molecule has 0 aliphatic carbocycles. The van der Waals surface area contributed by atoms with Crippen molar-refractivity contribution in [1.29, 1.82) is 0 Å². The lowest BCUT2D eigenvalue weighted by Gasteiger charge is -2.26. The lowest BCUT2D eigenvalue weighted by molar-refractivity contribution is -0.132. The molecule has 0 radical (unpaired) electrons. The molecule has 1 atom stereocenters. The topological polar surface area (TPSA) is 42.3 Å². The summed E-state index contributed by atoms with van der Waals surface area (Å²) in [6.07, 6.45) is 3.66. The van der Waals surface area contributed by atoms with Crippen LogP contribution in [0.5, 0.6) is 0 Å². The first-order valence-electron chi connectivity index (χ1n) is 7.67. The molecule has 2 aromatic rings. The fourth-order valence-corrected chi connectivity index (χ4v) is 3.18. The van der Waals surface area contributed by atoms with E-state index in [1.54, 1.807) is 18.3 Å². The second-order valence-electron chi connectivity index (χ2n) is 5.77. The summed E-state index contributed by atoms with van der Waals surface area (Å²) in [4.78, 5) is 26.3. The Kier molecular flexibility index (Phi) is 4.09. The number of carbonyl (C=O) groups is 1. The molecule has 4 heteroatoms. The van der Waals surface area contributed by atoms with Gasteiger partial charge in [-0.1, -0.05) is 30.3 Å². The van der Waals surface area contributed by atoms with E-state index in [4.69, 9.17) is 0 Å². The first-order valence-corrected chi connectivity index (χ1v) is 7.67. The first-order chi connectivity index (χ1) is 10.7. The van der Waals surface area contributed by atoms with Crippen molar-refractivity contribution < 1.29 is 4.79 Å². The van der Waals surface area contributed by atoms with Gasteiger partial charge in [0, 0.05) is 18.8 Å². The monoisotopic (exact) mass is 296 g/mol. The Morgan fingerprint density at radius 3 is 2.73 bits per heavy atom. The van der Waals surface area contributed by atoms with Crippen LogP contribution in [0.1, 0.15) is 30.0 Å². The fraction of sp³-hybridized carbons (Fsp3) is 0.333. The third kappa shape index (κ3) is 2.82. The van der Waals surface area contributed by atoms with Crippen molar-refractivity contribution in [2.24, 2.45) is 0 Å². The number of nitrogens with zero attached hydrogens (tertiary/aromatic N) is 2. The van der Waals surface area contributed by atoms with Crippen LogP contribution in [0.25, 0.3) is 0 Å². The summed E-state index contributed by atoms with van der Waals surface area (Å²) < 4.78 is 1.47. The third-order valence-electron chi connectivity index (χ3n) is 4.33. The van der Waals surface area contributed by atoms with Crippen LogP contribution in [0.4, 0.5) is 0 Å². The average Bonchev–Trinajstić information content (AvgIpc) is 2.99. The van der Waals surface area contributed by atoms with E-state index >= 15 is 0 Å². The van der Waals surface area contributed by atoms with Crippen LogP contribution < -0.4 is 5.56 Å². The molecule has 0 saturated carbocycles. The fourth-order valence-electron chi connectivity index (χ4n) is 3.18. The molecule has 4 nitrogen and oxygen atoms in total. The molecule has 114 valence electrons. The largest absolute Gasteiger partial charge is 0.334 e. The Bertz CT molecular complexity index is 736. The van der Waals surface area contributed by atoms with Gasteiger partial charge in [-0.25, -0.2) is 0 Å². The third-order valence-corrected chi connectivity index (χ3v) is 4.33. The van der Waals surface area contributed by atoms with Gasteiger partial charge in [0.2, 0.25) is 5.91 Å². The van der Waals surface area contributed by atoms with Crippen molar-refractivity contribution in [2.45, 2.75) is 32.4 Å². The Morgan fingerprint density at radius 2 is 1.95 bits per heavy atom. The number of hydrogen-bond acceptors (Lipinski definition) is 2. The van der Waals surface area contributed by atoms with Crippen molar-refractivity contribution in [3.05, 3.63) is 70.1 Å². The lowest BCUT2D eigenvalue weighted by atomic mass is 9.99. The van der Waals surface area contributed by atoms with E-state index in [0.29, 0.717) is 0 Å². The van der Waals surface area contributed by atoms with Gasteiger partial charge in [-0.15, -0.1) is 0 Å². The number of aromatic nitrogens is 1. The van der Waals surface area contributed by atoms with E-state index in [-0.39, 0.29) is 24.1 Å². The molecule has 1 amide bonds. The summed E-state index contributed by atoms with van der Waals surface area (Å²) in [5.74, 6) is 0.0130. The number of likely N-dealkylation sites (tertiary alicyclic amines) is 1. The SMILES string of the molecule is Cc1ccccc1[C@@H]1CCCN1C(=O)Cn1ccccc1=O. The van der Waals surface area contributed by atoms with E-state index in [1.165, 1.54) is 21.8 Å². The quantitative estimate of drug-likeness (QED) is 0.873. The minimum Gasteiger partial charge on any atom is -0.334 e. The molecular weight excluding hydrogens is 276 g/mol. The van der Waals surface area contributed by atoms with Gasteiger partial charge in [0.05, 0.1) is 6.04 Å². The van der Waals surface area contributed by atoms with Crippen LogP contribution in [0.2, 0.25) is 0 Å². The number of amides is 1. The molecular formula is C18H20N2O2. The number of hydrogen-bond donors (Lipinski definition) is 0. The van der Waals surface area contributed by atoms with Gasteiger partial charge >= 0.3 is 0 Å². The van der Waals surface area contributed by atoms with Gasteiger partial charge in [-0.05, 0) is 37.0 Å². The minimum atomic E-state index is -0.137. The van der Waals surface area contributed by atoms with Gasteiger partial charge < -0.3 is 9.47 Å². The zero-order chi connectivity index (χ0) is 15.5. The summed E-state index contributed by atoms with van der Waals surface area (Å²) >= 11 is 0. The Hall–Kier alpha value is -2.36. The highest BCUT2D eigenvalue weighted by molar-refractivity contribution is 5.77. The number of benzene rings is 1. The maximum atomic E-state index is 12.6. The number of pyridine rings is 1. The summed E-state index contributed by atoms with van der Waals surface area (Å²) in [7, 11) is 0. The normalized spacial score (nSPS) is 17.7. The summed E-state index contributed by atoms with van der Waals surface area (Å²) in [6.45, 7) is 2.96. The maximum absolute atomic E-state index is 12.6. The molecule has 1 saturated heterocycles. The van der Waals surface area contributed by atoms with Crippen molar-refractivity contribution in [3.63, 3.8) is 0 Å². The second-order valence-corrected chi connectivity index (χ2v) is 5.77. The average molecular weight is 296 g/mol. The molecule has 1 aliphatic heterocycles. The predicted molar refractivity (Wildman–Crippen MR) is 85.6 cm³/mol. The molecule has 1 aromatic heterocycles. The summed E-state index contributed by atoms with van der Waals surface area (Å²) in [5.41, 5.74) is 2.29. The zero-order valence-corrected chi connectivity index (χ0v) is 12.7. The van der Waals surface area contributed by atoms with Crippen LogP contribution in [0.15, 0.2) is 53.5 Å². The molecule has 1 aromatic carbocycles. The summed E-state index contributed by atoms with van der Waals surface area (Å²) in [5, 5.41) is 0. The molecule has 1 aliphatic rings. The highest BCUT2D eigenvalue weighted by Gasteiger charge is 2.30. The Balaban J connectivity index is 1.81. The van der Waals surface area contributed by atoms with Crippen molar-refractivity contribution in [2.75, 3.05) is 6.54 Å². The second kappa shape index (κ2) is 6.18. The molecule has 2 heterocycles. The Morgan fingerprint density at radius 1 is 1.18 bits per heavy atom.